The van der Waals surface area contributed by atoms with Crippen molar-refractivity contribution < 1.29 is 23.3 Å². The molecule has 0 saturated carbocycles. The molecule has 9 nitrogen and oxygen atoms in total. The number of hydrogen-bond donors (Lipinski definition) is 1. The summed E-state index contributed by atoms with van der Waals surface area (Å²) in [6.45, 7) is 5.76. The molecule has 1 aromatic carbocycles. The molecule has 2 aliphatic rings. The number of aromatic nitrogens is 1. The van der Waals surface area contributed by atoms with E-state index in [-0.39, 0.29) is 30.0 Å². The molecule has 0 spiro atoms. The maximum atomic E-state index is 13.1. The first-order valence-corrected chi connectivity index (χ1v) is 10.7. The van der Waals surface area contributed by atoms with Crippen LogP contribution in [-0.2, 0) is 9.59 Å². The molecule has 0 radical (unpaired) electrons. The highest BCUT2D eigenvalue weighted by Crippen LogP contribution is 2.25. The lowest BCUT2D eigenvalue weighted by atomic mass is 10.1. The van der Waals surface area contributed by atoms with Crippen LogP contribution in [0.4, 0.5) is 10.1 Å². The largest absolute Gasteiger partial charge is 0.361 e. The minimum atomic E-state index is -0.423. The van der Waals surface area contributed by atoms with E-state index in [1.165, 1.54) is 17.0 Å². The maximum Gasteiger partial charge on any atom is 0.276 e. The van der Waals surface area contributed by atoms with Crippen molar-refractivity contribution in [2.75, 3.05) is 50.7 Å². The van der Waals surface area contributed by atoms with Gasteiger partial charge < -0.3 is 19.6 Å². The molecule has 0 bridgehead atoms. The van der Waals surface area contributed by atoms with Gasteiger partial charge in [-0.25, -0.2) is 4.39 Å². The number of nitrogens with one attached hydrogen (secondary N) is 1. The third kappa shape index (κ3) is 4.96. The van der Waals surface area contributed by atoms with Crippen LogP contribution in [0.1, 0.15) is 22.7 Å². The quantitative estimate of drug-likeness (QED) is 0.717. The van der Waals surface area contributed by atoms with Crippen LogP contribution in [0.15, 0.2) is 34.9 Å². The Labute approximate surface area is 185 Å². The lowest BCUT2D eigenvalue weighted by Gasteiger charge is -2.34. The van der Waals surface area contributed by atoms with Crippen LogP contribution in [0.25, 0.3) is 0 Å². The van der Waals surface area contributed by atoms with E-state index in [1.807, 2.05) is 0 Å². The minimum Gasteiger partial charge on any atom is -0.361 e. The molecule has 1 aromatic heterocycles. The molecule has 1 atom stereocenters. The summed E-state index contributed by atoms with van der Waals surface area (Å²) in [4.78, 5) is 42.7. The lowest BCUT2D eigenvalue weighted by molar-refractivity contribution is -0.126. The number of amides is 3. The zero-order chi connectivity index (χ0) is 22.7. The van der Waals surface area contributed by atoms with Crippen molar-refractivity contribution in [2.45, 2.75) is 13.3 Å². The zero-order valence-corrected chi connectivity index (χ0v) is 17.9. The molecule has 170 valence electrons. The Bertz CT molecular complexity index is 984. The number of carbonyl (C=O) groups is 3. The summed E-state index contributed by atoms with van der Waals surface area (Å²) in [6.07, 6.45) is 0.144. The molecule has 2 aromatic rings. The Morgan fingerprint density at radius 3 is 2.56 bits per heavy atom. The van der Waals surface area contributed by atoms with E-state index in [4.69, 9.17) is 4.52 Å². The van der Waals surface area contributed by atoms with Crippen LogP contribution in [0, 0.1) is 18.7 Å². The molecular formula is C22H26FN5O4. The molecule has 4 rings (SSSR count). The van der Waals surface area contributed by atoms with Crippen molar-refractivity contribution in [3.05, 3.63) is 47.6 Å². The summed E-state index contributed by atoms with van der Waals surface area (Å²) in [7, 11) is 0. The normalized spacial score (nSPS) is 19.4. The van der Waals surface area contributed by atoms with Gasteiger partial charge in [-0.3, -0.25) is 19.3 Å². The van der Waals surface area contributed by atoms with E-state index in [1.54, 1.807) is 30.0 Å². The summed E-state index contributed by atoms with van der Waals surface area (Å²) >= 11 is 0. The Hall–Kier alpha value is -3.27. The Balaban J connectivity index is 1.18. The third-order valence-electron chi connectivity index (χ3n) is 5.87. The second-order valence-electron chi connectivity index (χ2n) is 8.13. The van der Waals surface area contributed by atoms with Gasteiger partial charge in [-0.15, -0.1) is 0 Å². The number of nitrogens with zero attached hydrogens (tertiary/aromatic N) is 4. The molecule has 2 saturated heterocycles. The molecule has 0 aliphatic carbocycles. The van der Waals surface area contributed by atoms with Gasteiger partial charge in [0.2, 0.25) is 11.8 Å². The van der Waals surface area contributed by atoms with Crippen LogP contribution < -0.4 is 10.2 Å². The molecule has 2 fully saturated rings. The zero-order valence-electron chi connectivity index (χ0n) is 17.9. The molecule has 10 heteroatoms. The molecule has 3 heterocycles. The number of hydrogen-bond acceptors (Lipinski definition) is 6. The van der Waals surface area contributed by atoms with E-state index in [9.17, 15) is 18.8 Å². The van der Waals surface area contributed by atoms with Gasteiger partial charge in [-0.05, 0) is 31.2 Å². The van der Waals surface area contributed by atoms with E-state index in [0.717, 1.165) is 0 Å². The van der Waals surface area contributed by atoms with Crippen molar-refractivity contribution in [2.24, 2.45) is 5.92 Å². The van der Waals surface area contributed by atoms with Crippen molar-refractivity contribution in [1.29, 1.82) is 0 Å². The average Bonchev–Trinajstić information content (AvgIpc) is 3.40. The first-order chi connectivity index (χ1) is 15.4. The highest BCUT2D eigenvalue weighted by molar-refractivity contribution is 6.00. The van der Waals surface area contributed by atoms with Gasteiger partial charge in [0.05, 0.1) is 5.92 Å². The standard InChI is InChI=1S/C22H26FN5O4/c1-15-12-19(25-32-15)22(31)27-10-8-26(9-11-27)7-6-24-21(30)16-13-20(29)28(14-16)18-4-2-17(23)3-5-18/h2-5,12,16H,6-11,13-14H2,1H3,(H,24,30). The summed E-state index contributed by atoms with van der Waals surface area (Å²) in [5, 5.41) is 6.69. The minimum absolute atomic E-state index is 0.133. The first kappa shape index (κ1) is 21.9. The summed E-state index contributed by atoms with van der Waals surface area (Å²) in [6, 6.07) is 7.32. The van der Waals surface area contributed by atoms with Crippen molar-refractivity contribution in [3.63, 3.8) is 0 Å². The SMILES string of the molecule is Cc1cc(C(=O)N2CCN(CCNC(=O)C3CC(=O)N(c4ccc(F)cc4)C3)CC2)no1. The Morgan fingerprint density at radius 1 is 1.19 bits per heavy atom. The summed E-state index contributed by atoms with van der Waals surface area (Å²) in [5.41, 5.74) is 0.920. The monoisotopic (exact) mass is 443 g/mol. The fourth-order valence-corrected chi connectivity index (χ4v) is 4.04. The lowest BCUT2D eigenvalue weighted by Crippen LogP contribution is -2.50. The number of carbonyl (C=O) groups excluding carboxylic acids is 3. The average molecular weight is 443 g/mol. The van der Waals surface area contributed by atoms with Crippen molar-refractivity contribution >= 4 is 23.4 Å². The Kier molecular flexibility index (Phi) is 6.50. The molecule has 1 N–H and O–H groups in total. The number of rotatable bonds is 6. The summed E-state index contributed by atoms with van der Waals surface area (Å²) in [5.74, 6) is -0.613. The fourth-order valence-electron chi connectivity index (χ4n) is 4.04. The number of aryl methyl sites for hydroxylation is 1. The second kappa shape index (κ2) is 9.47. The molecule has 32 heavy (non-hydrogen) atoms. The predicted octanol–water partition coefficient (Wildman–Crippen LogP) is 1.05. The highest BCUT2D eigenvalue weighted by Gasteiger charge is 2.35. The van der Waals surface area contributed by atoms with Crippen LogP contribution in [0.2, 0.25) is 0 Å². The van der Waals surface area contributed by atoms with Gasteiger partial charge in [-0.1, -0.05) is 5.16 Å². The number of piperazine rings is 1. The molecule has 2 aliphatic heterocycles. The molecule has 3 amide bonds. The van der Waals surface area contributed by atoms with Gasteiger partial charge in [0, 0.05) is 64.0 Å². The second-order valence-corrected chi connectivity index (χ2v) is 8.13. The first-order valence-electron chi connectivity index (χ1n) is 10.7. The fraction of sp³-hybridized carbons (Fsp3) is 0.455. The van der Waals surface area contributed by atoms with Crippen LogP contribution in [0.3, 0.4) is 0 Å². The smallest absolute Gasteiger partial charge is 0.276 e. The van der Waals surface area contributed by atoms with Crippen molar-refractivity contribution in [3.8, 4) is 0 Å². The van der Waals surface area contributed by atoms with Gasteiger partial charge in [0.25, 0.3) is 5.91 Å². The van der Waals surface area contributed by atoms with Gasteiger partial charge in [0.1, 0.15) is 11.6 Å². The third-order valence-corrected chi connectivity index (χ3v) is 5.87. The number of halogens is 1. The predicted molar refractivity (Wildman–Crippen MR) is 113 cm³/mol. The molecule has 1 unspecified atom stereocenters. The van der Waals surface area contributed by atoms with Crippen LogP contribution in [-0.4, -0.2) is 78.5 Å². The van der Waals surface area contributed by atoms with E-state index >= 15 is 0 Å². The highest BCUT2D eigenvalue weighted by atomic mass is 19.1. The van der Waals surface area contributed by atoms with E-state index in [2.05, 4.69) is 15.4 Å². The van der Waals surface area contributed by atoms with E-state index < -0.39 is 5.92 Å². The summed E-state index contributed by atoms with van der Waals surface area (Å²) < 4.78 is 18.1. The van der Waals surface area contributed by atoms with Crippen LogP contribution in [0.5, 0.6) is 0 Å². The van der Waals surface area contributed by atoms with Crippen molar-refractivity contribution in [1.82, 2.24) is 20.3 Å². The topological polar surface area (TPSA) is 99.0 Å². The van der Waals surface area contributed by atoms with Crippen LogP contribution >= 0.6 is 0 Å². The van der Waals surface area contributed by atoms with Gasteiger partial charge in [0.15, 0.2) is 5.69 Å². The van der Waals surface area contributed by atoms with Gasteiger partial charge in [-0.2, -0.15) is 0 Å². The molecular weight excluding hydrogens is 417 g/mol. The number of benzene rings is 1. The van der Waals surface area contributed by atoms with Gasteiger partial charge >= 0.3 is 0 Å². The maximum absolute atomic E-state index is 13.1. The number of anilines is 1. The van der Waals surface area contributed by atoms with E-state index in [0.29, 0.717) is 63.0 Å². The Morgan fingerprint density at radius 2 is 1.91 bits per heavy atom.